The maximum atomic E-state index is 12.9. The van der Waals surface area contributed by atoms with Crippen LogP contribution in [0.3, 0.4) is 0 Å². The summed E-state index contributed by atoms with van der Waals surface area (Å²) in [6.07, 6.45) is -0.127. The summed E-state index contributed by atoms with van der Waals surface area (Å²) in [6, 6.07) is 31.7. The highest BCUT2D eigenvalue weighted by molar-refractivity contribution is 5.92. The molecule has 0 bridgehead atoms. The molecule has 4 aromatic carbocycles. The van der Waals surface area contributed by atoms with Crippen LogP contribution < -0.4 is 11.3 Å². The number of hydrogen-bond acceptors (Lipinski definition) is 13. The van der Waals surface area contributed by atoms with Gasteiger partial charge in [-0.2, -0.15) is 4.98 Å². The van der Waals surface area contributed by atoms with E-state index in [1.165, 1.54) is 6.33 Å². The Labute approximate surface area is 301 Å². The number of aromatic amines is 1. The quantitative estimate of drug-likeness (QED) is 0.0781. The fraction of sp³-hybridized carbons (Fsp3) is 0.184. The minimum atomic E-state index is -1.04. The van der Waals surface area contributed by atoms with Crippen LogP contribution in [0.1, 0.15) is 33.3 Å². The highest BCUT2D eigenvalue weighted by Gasteiger charge is 2.46. The fourth-order valence-corrected chi connectivity index (χ4v) is 6.73. The van der Waals surface area contributed by atoms with Gasteiger partial charge in [-0.1, -0.05) is 91.0 Å². The molecule has 15 heteroatoms. The Morgan fingerprint density at radius 1 is 0.868 bits per heavy atom. The molecule has 270 valence electrons. The third-order valence-electron chi connectivity index (χ3n) is 9.02. The van der Waals surface area contributed by atoms with Crippen molar-refractivity contribution in [3.8, 4) is 17.2 Å². The molecule has 2 atom stereocenters. The largest absolute Gasteiger partial charge is 0.504 e. The zero-order valence-electron chi connectivity index (χ0n) is 28.0. The number of hydrogen-bond donors (Lipinski definition) is 5. The fourth-order valence-electron chi connectivity index (χ4n) is 6.73. The minimum absolute atomic E-state index is 0.0698. The number of nitrogens with two attached hydrogens (primary N) is 1. The number of morpholine rings is 1. The van der Waals surface area contributed by atoms with E-state index in [-0.39, 0.29) is 42.4 Å². The van der Waals surface area contributed by atoms with Crippen LogP contribution in [0.15, 0.2) is 114 Å². The summed E-state index contributed by atoms with van der Waals surface area (Å²) in [7, 11) is 0. The van der Waals surface area contributed by atoms with Gasteiger partial charge in [0.05, 0.1) is 17.4 Å². The molecule has 3 heterocycles. The average molecular weight is 719 g/mol. The maximum absolute atomic E-state index is 12.9. The summed E-state index contributed by atoms with van der Waals surface area (Å²) in [6.45, 7) is -0.549. The number of fused-ring (bicyclic) bond motifs is 1. The third-order valence-corrected chi connectivity index (χ3v) is 9.02. The van der Waals surface area contributed by atoms with E-state index in [0.29, 0.717) is 0 Å². The zero-order chi connectivity index (χ0) is 37.1. The lowest BCUT2D eigenvalue weighted by molar-refractivity contribution is -0.171. The topological polar surface area (TPSA) is 215 Å². The molecule has 0 amide bonds. The maximum Gasteiger partial charge on any atom is 0.344 e. The number of rotatable bonds is 10. The first-order chi connectivity index (χ1) is 25.6. The van der Waals surface area contributed by atoms with E-state index in [1.807, 2.05) is 54.6 Å². The van der Waals surface area contributed by atoms with Gasteiger partial charge >= 0.3 is 11.9 Å². The first-order valence-corrected chi connectivity index (χ1v) is 16.5. The number of benzene rings is 4. The molecular formula is C38H34N6O9. The molecular weight excluding hydrogens is 684 g/mol. The summed E-state index contributed by atoms with van der Waals surface area (Å²) in [5.74, 6) is -4.30. The van der Waals surface area contributed by atoms with Crippen molar-refractivity contribution in [2.24, 2.45) is 0 Å². The molecule has 15 nitrogen and oxygen atoms in total. The molecule has 6 aromatic rings. The molecule has 0 saturated carbocycles. The Balaban J connectivity index is 1.24. The lowest BCUT2D eigenvalue weighted by Crippen LogP contribution is -2.57. The lowest BCUT2D eigenvalue weighted by atomic mass is 9.75. The monoisotopic (exact) mass is 718 g/mol. The summed E-state index contributed by atoms with van der Waals surface area (Å²) >= 11 is 0. The van der Waals surface area contributed by atoms with Crippen LogP contribution in [0, 0.1) is 0 Å². The number of H-pyrrole nitrogens is 1. The van der Waals surface area contributed by atoms with E-state index in [9.17, 15) is 29.7 Å². The Hall–Kier alpha value is -6.71. The number of nitrogens with zero attached hydrogens (tertiary/aromatic N) is 4. The van der Waals surface area contributed by atoms with Gasteiger partial charge in [-0.3, -0.25) is 19.2 Å². The number of anilines is 1. The first kappa shape index (κ1) is 34.7. The van der Waals surface area contributed by atoms with Crippen LogP contribution >= 0.6 is 0 Å². The van der Waals surface area contributed by atoms with Crippen molar-refractivity contribution in [1.29, 1.82) is 0 Å². The SMILES string of the molecule is Nc1nc2c(ncn2C2CN(C(c3ccccc3)(c3ccccc3)c3ccccc3)CC(COC(=O)COC(=O)c3cc(O)c(O)c(O)c3)O2)c(=O)[nH]1. The highest BCUT2D eigenvalue weighted by Crippen LogP contribution is 2.45. The number of carbonyl (C=O) groups excluding carboxylic acids is 2. The van der Waals surface area contributed by atoms with E-state index in [2.05, 4.69) is 56.3 Å². The van der Waals surface area contributed by atoms with Crippen LogP contribution in [-0.2, 0) is 24.5 Å². The van der Waals surface area contributed by atoms with Gasteiger partial charge in [0.25, 0.3) is 5.56 Å². The first-order valence-electron chi connectivity index (χ1n) is 16.5. The Morgan fingerprint density at radius 2 is 1.43 bits per heavy atom. The summed E-state index contributed by atoms with van der Waals surface area (Å²) in [5.41, 5.74) is 7.39. The van der Waals surface area contributed by atoms with Gasteiger partial charge in [-0.05, 0) is 28.8 Å². The number of esters is 2. The van der Waals surface area contributed by atoms with Crippen molar-refractivity contribution in [2.45, 2.75) is 17.9 Å². The Morgan fingerprint density at radius 3 is 2.00 bits per heavy atom. The summed E-state index contributed by atoms with van der Waals surface area (Å²) in [4.78, 5) is 51.6. The zero-order valence-corrected chi connectivity index (χ0v) is 28.0. The van der Waals surface area contributed by atoms with Crippen molar-refractivity contribution in [3.63, 3.8) is 0 Å². The molecule has 0 spiro atoms. The number of phenolic OH excluding ortho intramolecular Hbond substituents is 3. The van der Waals surface area contributed by atoms with E-state index in [1.54, 1.807) is 4.57 Å². The molecule has 0 radical (unpaired) electrons. The van der Waals surface area contributed by atoms with Crippen molar-refractivity contribution in [2.75, 3.05) is 32.0 Å². The number of aromatic hydroxyl groups is 3. The van der Waals surface area contributed by atoms with Gasteiger partial charge < -0.3 is 35.3 Å². The smallest absolute Gasteiger partial charge is 0.344 e. The summed E-state index contributed by atoms with van der Waals surface area (Å²) < 4.78 is 18.8. The second-order valence-corrected chi connectivity index (χ2v) is 12.3. The second-order valence-electron chi connectivity index (χ2n) is 12.3. The summed E-state index contributed by atoms with van der Waals surface area (Å²) in [5, 5.41) is 29.1. The number of ether oxygens (including phenoxy) is 3. The molecule has 2 aromatic heterocycles. The predicted octanol–water partition coefficient (Wildman–Crippen LogP) is 3.41. The third kappa shape index (κ3) is 6.73. The van der Waals surface area contributed by atoms with E-state index < -0.39 is 59.2 Å². The van der Waals surface area contributed by atoms with E-state index >= 15 is 0 Å². The van der Waals surface area contributed by atoms with Crippen molar-refractivity contribution in [1.82, 2.24) is 24.4 Å². The molecule has 1 fully saturated rings. The predicted molar refractivity (Wildman–Crippen MR) is 190 cm³/mol. The molecule has 0 aliphatic carbocycles. The van der Waals surface area contributed by atoms with Crippen LogP contribution in [0.2, 0.25) is 0 Å². The van der Waals surface area contributed by atoms with Crippen molar-refractivity contribution in [3.05, 3.63) is 142 Å². The molecule has 7 rings (SSSR count). The minimum Gasteiger partial charge on any atom is -0.504 e. The molecule has 2 unspecified atom stereocenters. The standard InChI is InChI=1S/C38H34N6O9/c39-37-41-34-32(35(49)42-37)40-22-44(34)30-19-43(18-27(53-30)20-51-31(47)21-52-36(50)23-16-28(45)33(48)29(46)17-23)38(24-10-4-1-5-11-24,25-12-6-2-7-13-25)26-14-8-3-9-15-26/h1-17,22,27,30,45-46,48H,18-21H2,(H3,39,41,42,49). The van der Waals surface area contributed by atoms with Gasteiger partial charge in [0.2, 0.25) is 5.95 Å². The van der Waals surface area contributed by atoms with Crippen molar-refractivity contribution < 1.29 is 39.1 Å². The van der Waals surface area contributed by atoms with Crippen LogP contribution in [-0.4, -0.2) is 84.1 Å². The molecule has 1 aliphatic heterocycles. The Bertz CT molecular complexity index is 2200. The number of nitrogens with one attached hydrogen (secondary N) is 1. The van der Waals surface area contributed by atoms with Gasteiger partial charge in [0, 0.05) is 13.1 Å². The Kier molecular flexibility index (Phi) is 9.50. The number of imidazole rings is 1. The lowest BCUT2D eigenvalue weighted by Gasteiger charge is -2.50. The van der Waals surface area contributed by atoms with E-state index in [0.717, 1.165) is 28.8 Å². The van der Waals surface area contributed by atoms with Gasteiger partial charge in [0.1, 0.15) is 18.9 Å². The number of carbonyl (C=O) groups is 2. The highest BCUT2D eigenvalue weighted by atomic mass is 16.6. The van der Waals surface area contributed by atoms with Gasteiger partial charge in [-0.25, -0.2) is 14.6 Å². The van der Waals surface area contributed by atoms with E-state index in [4.69, 9.17) is 19.9 Å². The molecule has 53 heavy (non-hydrogen) atoms. The van der Waals surface area contributed by atoms with Crippen LogP contribution in [0.5, 0.6) is 17.2 Å². The average Bonchev–Trinajstić information content (AvgIpc) is 3.61. The number of aromatic nitrogens is 4. The second kappa shape index (κ2) is 14.5. The van der Waals surface area contributed by atoms with Gasteiger partial charge in [-0.15, -0.1) is 0 Å². The number of nitrogen functional groups attached to an aromatic ring is 1. The molecule has 6 N–H and O–H groups in total. The normalized spacial score (nSPS) is 16.3. The van der Waals surface area contributed by atoms with Crippen molar-refractivity contribution >= 4 is 29.1 Å². The molecule has 1 aliphatic rings. The van der Waals surface area contributed by atoms with Crippen LogP contribution in [0.4, 0.5) is 5.95 Å². The van der Waals surface area contributed by atoms with Crippen LogP contribution in [0.25, 0.3) is 11.2 Å². The van der Waals surface area contributed by atoms with Gasteiger partial charge in [0.15, 0.2) is 35.0 Å². The molecule has 1 saturated heterocycles. The number of phenols is 3.